The van der Waals surface area contributed by atoms with Crippen molar-refractivity contribution in [3.63, 3.8) is 0 Å². The summed E-state index contributed by atoms with van der Waals surface area (Å²) in [6.07, 6.45) is 8.63. The third-order valence-corrected chi connectivity index (χ3v) is 5.59. The maximum Gasteiger partial charge on any atom is 0.223 e. The number of rotatable bonds is 3. The molecule has 8 heteroatoms. The van der Waals surface area contributed by atoms with Gasteiger partial charge in [-0.05, 0) is 31.4 Å². The van der Waals surface area contributed by atoms with Crippen molar-refractivity contribution >= 4 is 33.7 Å². The molecule has 5 aromatic rings. The van der Waals surface area contributed by atoms with Crippen LogP contribution in [0.5, 0.6) is 0 Å². The van der Waals surface area contributed by atoms with Crippen LogP contribution in [0.2, 0.25) is 0 Å². The minimum absolute atomic E-state index is 0.321. The molecule has 138 valence electrons. The van der Waals surface area contributed by atoms with E-state index in [2.05, 4.69) is 39.9 Å². The number of anilines is 1. The van der Waals surface area contributed by atoms with Crippen molar-refractivity contribution in [2.24, 2.45) is 0 Å². The standard InChI is InChI=1S/C20H18N8/c1-2-4-15-13(3-1)10-23-20(25-15)24-14-6-5-12(9-14)19-27-26-17-11-22-18-16(28(17)19)7-8-21-18/h1-4,7-8,10-12,14,21H,5-6,9H2,(H,23,24,25)/t12-,14+/m1/s1. The molecule has 8 nitrogen and oxygen atoms in total. The van der Waals surface area contributed by atoms with Crippen molar-refractivity contribution in [2.75, 3.05) is 5.32 Å². The maximum absolute atomic E-state index is 4.64. The summed E-state index contributed by atoms with van der Waals surface area (Å²) < 4.78 is 2.12. The minimum atomic E-state index is 0.321. The molecular weight excluding hydrogens is 352 g/mol. The largest absolute Gasteiger partial charge is 0.351 e. The van der Waals surface area contributed by atoms with E-state index in [4.69, 9.17) is 0 Å². The Labute approximate surface area is 160 Å². The van der Waals surface area contributed by atoms with Crippen molar-refractivity contribution in [3.05, 3.63) is 54.7 Å². The van der Waals surface area contributed by atoms with Crippen LogP contribution in [0.1, 0.15) is 31.0 Å². The Balaban J connectivity index is 1.27. The molecule has 6 rings (SSSR count). The highest BCUT2D eigenvalue weighted by molar-refractivity contribution is 5.78. The van der Waals surface area contributed by atoms with Crippen molar-refractivity contribution in [1.82, 2.24) is 34.5 Å². The SMILES string of the molecule is c1ccc2nc(N[C@H]3CC[C@@H](c4nnc5cnc6[nH]ccc6n45)C3)ncc2c1. The molecule has 0 spiro atoms. The third-order valence-electron chi connectivity index (χ3n) is 5.59. The van der Waals surface area contributed by atoms with E-state index in [1.54, 1.807) is 6.20 Å². The third kappa shape index (κ3) is 2.41. The average molecular weight is 370 g/mol. The Bertz CT molecular complexity index is 1300. The molecule has 1 fully saturated rings. The zero-order chi connectivity index (χ0) is 18.5. The topological polar surface area (TPSA) is 96.7 Å². The number of nitrogens with one attached hydrogen (secondary N) is 2. The van der Waals surface area contributed by atoms with E-state index in [0.29, 0.717) is 17.9 Å². The Kier molecular flexibility index (Phi) is 3.31. The van der Waals surface area contributed by atoms with Crippen LogP contribution in [0, 0.1) is 0 Å². The van der Waals surface area contributed by atoms with Crippen LogP contribution < -0.4 is 5.32 Å². The summed E-state index contributed by atoms with van der Waals surface area (Å²) in [5.74, 6) is 2.03. The molecule has 4 aromatic heterocycles. The fourth-order valence-electron chi connectivity index (χ4n) is 4.23. The van der Waals surface area contributed by atoms with Gasteiger partial charge in [0.05, 0.1) is 17.2 Å². The predicted octanol–water partition coefficient (Wildman–Crippen LogP) is 3.30. The molecule has 2 N–H and O–H groups in total. The van der Waals surface area contributed by atoms with E-state index in [0.717, 1.165) is 52.8 Å². The fourth-order valence-corrected chi connectivity index (χ4v) is 4.23. The summed E-state index contributed by atoms with van der Waals surface area (Å²) in [7, 11) is 0. The van der Waals surface area contributed by atoms with Crippen molar-refractivity contribution < 1.29 is 0 Å². The number of hydrogen-bond donors (Lipinski definition) is 2. The van der Waals surface area contributed by atoms with Gasteiger partial charge in [0, 0.05) is 29.7 Å². The lowest BCUT2D eigenvalue weighted by atomic mass is 10.1. The second-order valence-corrected chi connectivity index (χ2v) is 7.33. The van der Waals surface area contributed by atoms with Gasteiger partial charge in [-0.25, -0.2) is 15.0 Å². The zero-order valence-electron chi connectivity index (χ0n) is 15.1. The lowest BCUT2D eigenvalue weighted by Crippen LogP contribution is -2.17. The van der Waals surface area contributed by atoms with Gasteiger partial charge >= 0.3 is 0 Å². The highest BCUT2D eigenvalue weighted by Gasteiger charge is 2.30. The first-order valence-corrected chi connectivity index (χ1v) is 9.50. The monoisotopic (exact) mass is 370 g/mol. The molecule has 0 amide bonds. The van der Waals surface area contributed by atoms with Gasteiger partial charge in [0.2, 0.25) is 5.95 Å². The number of aromatic amines is 1. The van der Waals surface area contributed by atoms with Gasteiger partial charge in [-0.15, -0.1) is 10.2 Å². The van der Waals surface area contributed by atoms with Gasteiger partial charge in [0.15, 0.2) is 11.3 Å². The molecule has 0 aliphatic heterocycles. The number of hydrogen-bond acceptors (Lipinski definition) is 6. The Hall–Kier alpha value is -3.55. The van der Waals surface area contributed by atoms with Crippen molar-refractivity contribution in [1.29, 1.82) is 0 Å². The van der Waals surface area contributed by atoms with E-state index >= 15 is 0 Å². The average Bonchev–Trinajstić information content (AvgIpc) is 3.46. The Morgan fingerprint density at radius 1 is 1.04 bits per heavy atom. The first-order chi connectivity index (χ1) is 13.8. The molecule has 0 radical (unpaired) electrons. The quantitative estimate of drug-likeness (QED) is 0.506. The van der Waals surface area contributed by atoms with E-state index in [1.165, 1.54) is 0 Å². The van der Waals surface area contributed by atoms with Crippen LogP contribution in [0.4, 0.5) is 5.95 Å². The number of benzene rings is 1. The number of nitrogens with zero attached hydrogens (tertiary/aromatic N) is 6. The van der Waals surface area contributed by atoms with Crippen molar-refractivity contribution in [2.45, 2.75) is 31.2 Å². The van der Waals surface area contributed by atoms with E-state index in [1.807, 2.05) is 42.7 Å². The number of aromatic nitrogens is 7. The smallest absolute Gasteiger partial charge is 0.223 e. The van der Waals surface area contributed by atoms with Crippen LogP contribution in [0.3, 0.4) is 0 Å². The molecule has 0 unspecified atom stereocenters. The summed E-state index contributed by atoms with van der Waals surface area (Å²) >= 11 is 0. The van der Waals surface area contributed by atoms with Crippen LogP contribution in [0.15, 0.2) is 48.9 Å². The predicted molar refractivity (Wildman–Crippen MR) is 106 cm³/mol. The first kappa shape index (κ1) is 15.5. The fraction of sp³-hybridized carbons (Fsp3) is 0.250. The number of para-hydroxylation sites is 1. The molecule has 2 atom stereocenters. The van der Waals surface area contributed by atoms with Crippen LogP contribution in [0.25, 0.3) is 27.7 Å². The molecule has 1 aromatic carbocycles. The minimum Gasteiger partial charge on any atom is -0.351 e. The van der Waals surface area contributed by atoms with E-state index in [-0.39, 0.29) is 0 Å². The first-order valence-electron chi connectivity index (χ1n) is 9.50. The highest BCUT2D eigenvalue weighted by atomic mass is 15.3. The lowest BCUT2D eigenvalue weighted by Gasteiger charge is -2.13. The van der Waals surface area contributed by atoms with Gasteiger partial charge in [-0.3, -0.25) is 4.40 Å². The van der Waals surface area contributed by atoms with E-state index < -0.39 is 0 Å². The molecule has 4 heterocycles. The Morgan fingerprint density at radius 3 is 3.00 bits per heavy atom. The second kappa shape index (κ2) is 5.98. The lowest BCUT2D eigenvalue weighted by molar-refractivity contribution is 0.650. The summed E-state index contributed by atoms with van der Waals surface area (Å²) in [5, 5.41) is 13.4. The molecule has 0 saturated heterocycles. The molecule has 1 saturated carbocycles. The zero-order valence-corrected chi connectivity index (χ0v) is 15.1. The summed E-state index contributed by atoms with van der Waals surface area (Å²) in [6, 6.07) is 10.4. The summed E-state index contributed by atoms with van der Waals surface area (Å²) in [5.41, 5.74) is 3.62. The molecule has 1 aliphatic rings. The van der Waals surface area contributed by atoms with Crippen molar-refractivity contribution in [3.8, 4) is 0 Å². The maximum atomic E-state index is 4.64. The summed E-state index contributed by atoms with van der Waals surface area (Å²) in [4.78, 5) is 16.7. The second-order valence-electron chi connectivity index (χ2n) is 7.33. The van der Waals surface area contributed by atoms with Gasteiger partial charge < -0.3 is 10.3 Å². The van der Waals surface area contributed by atoms with Gasteiger partial charge in [0.25, 0.3) is 0 Å². The summed E-state index contributed by atoms with van der Waals surface area (Å²) in [6.45, 7) is 0. The van der Waals surface area contributed by atoms with Crippen LogP contribution in [-0.4, -0.2) is 40.6 Å². The molecule has 28 heavy (non-hydrogen) atoms. The molecular formula is C20H18N8. The number of H-pyrrole nitrogens is 1. The van der Waals surface area contributed by atoms with Gasteiger partial charge in [-0.2, -0.15) is 0 Å². The molecule has 1 aliphatic carbocycles. The number of fused-ring (bicyclic) bond motifs is 4. The van der Waals surface area contributed by atoms with Gasteiger partial charge in [0.1, 0.15) is 5.82 Å². The normalized spacial score (nSPS) is 19.7. The van der Waals surface area contributed by atoms with Gasteiger partial charge in [-0.1, -0.05) is 18.2 Å². The van der Waals surface area contributed by atoms with Crippen LogP contribution >= 0.6 is 0 Å². The highest BCUT2D eigenvalue weighted by Crippen LogP contribution is 2.35. The van der Waals surface area contributed by atoms with E-state index in [9.17, 15) is 0 Å². The van der Waals surface area contributed by atoms with Crippen LogP contribution in [-0.2, 0) is 0 Å². The molecule has 0 bridgehead atoms. The Morgan fingerprint density at radius 2 is 2.00 bits per heavy atom.